The minimum absolute atomic E-state index is 0. The molecule has 0 spiro atoms. The predicted molar refractivity (Wildman–Crippen MR) is 36.6 cm³/mol. The smallest absolute Gasteiger partial charge is 0.770 e. The summed E-state index contributed by atoms with van der Waals surface area (Å²) in [5.74, 6) is 0. The molecule has 0 N–H and O–H groups in total. The molecule has 0 fully saturated rings. The molecule has 0 radical (unpaired) electrons. The van der Waals surface area contributed by atoms with E-state index < -0.39 is 26.3 Å². The van der Waals surface area contributed by atoms with Gasteiger partial charge >= 0.3 is 24.6 Å². The standard InChI is InChI=1S/C5H9F2O5P.Li/c1-2-12-13(9,10)5(8)11-3-4(6)7;/h4H,2-3H2,1H3,(H,9,10);/q;+1/p-1. The summed E-state index contributed by atoms with van der Waals surface area (Å²) in [5.41, 5.74) is -1.77. The molecule has 0 rings (SSSR count). The number of hydrogen-bond acceptors (Lipinski definition) is 5. The van der Waals surface area contributed by atoms with Crippen molar-refractivity contribution in [1.29, 1.82) is 0 Å². The molecule has 14 heavy (non-hydrogen) atoms. The molecule has 0 aliphatic rings. The maximum Gasteiger partial charge on any atom is 1.00 e. The van der Waals surface area contributed by atoms with Crippen molar-refractivity contribution in [3.8, 4) is 0 Å². The van der Waals surface area contributed by atoms with Crippen LogP contribution in [-0.4, -0.2) is 25.3 Å². The maximum absolute atomic E-state index is 11.5. The molecule has 5 nitrogen and oxygen atoms in total. The van der Waals surface area contributed by atoms with E-state index in [1.54, 1.807) is 0 Å². The molecule has 0 aliphatic heterocycles. The number of carbonyl (C=O) groups excluding carboxylic acids is 1. The van der Waals surface area contributed by atoms with Gasteiger partial charge in [-0.2, -0.15) is 0 Å². The van der Waals surface area contributed by atoms with Gasteiger partial charge in [-0.15, -0.1) is 0 Å². The summed E-state index contributed by atoms with van der Waals surface area (Å²) in [6.07, 6.45) is -2.90. The topological polar surface area (TPSA) is 75.7 Å². The molecule has 0 aromatic heterocycles. The van der Waals surface area contributed by atoms with Gasteiger partial charge in [0, 0.05) is 0 Å². The van der Waals surface area contributed by atoms with Gasteiger partial charge < -0.3 is 14.2 Å². The normalized spacial score (nSPS) is 14.4. The second-order valence-corrected chi connectivity index (χ2v) is 3.50. The second-order valence-electron chi connectivity index (χ2n) is 1.88. The Hall–Kier alpha value is 0.0774. The van der Waals surface area contributed by atoms with E-state index in [1.165, 1.54) is 6.92 Å². The zero-order valence-corrected chi connectivity index (χ0v) is 8.63. The van der Waals surface area contributed by atoms with E-state index in [0.717, 1.165) is 0 Å². The molecule has 1 unspecified atom stereocenters. The number of hydrogen-bond donors (Lipinski definition) is 0. The summed E-state index contributed by atoms with van der Waals surface area (Å²) < 4.78 is 41.3. The quantitative estimate of drug-likeness (QED) is 0.398. The molecule has 0 saturated carbocycles. The van der Waals surface area contributed by atoms with Gasteiger partial charge in [-0.3, -0.25) is 4.57 Å². The number of ether oxygens (including phenoxy) is 1. The van der Waals surface area contributed by atoms with Crippen molar-refractivity contribution in [1.82, 2.24) is 0 Å². The molecular formula is C5H8F2LiO5P. The number of rotatable bonds is 5. The fourth-order valence-corrected chi connectivity index (χ4v) is 1.11. The fourth-order valence-electron chi connectivity index (χ4n) is 0.436. The van der Waals surface area contributed by atoms with Crippen LogP contribution < -0.4 is 23.8 Å². The SMILES string of the molecule is CCOP(=O)([O-])C(=O)OCC(F)F.[Li+]. The first-order valence-electron chi connectivity index (χ1n) is 3.31. The Kier molecular flexibility index (Phi) is 8.70. The van der Waals surface area contributed by atoms with Gasteiger partial charge in [0.25, 0.3) is 6.43 Å². The van der Waals surface area contributed by atoms with Crippen LogP contribution in [0.3, 0.4) is 0 Å². The van der Waals surface area contributed by atoms with Crippen molar-refractivity contribution in [3.63, 3.8) is 0 Å². The van der Waals surface area contributed by atoms with Crippen LogP contribution >= 0.6 is 7.60 Å². The van der Waals surface area contributed by atoms with Crippen molar-refractivity contribution in [2.45, 2.75) is 13.3 Å². The van der Waals surface area contributed by atoms with Crippen LogP contribution in [0.15, 0.2) is 0 Å². The first-order valence-corrected chi connectivity index (χ1v) is 4.85. The van der Waals surface area contributed by atoms with E-state index in [1.807, 2.05) is 0 Å². The van der Waals surface area contributed by atoms with Gasteiger partial charge in [0.2, 0.25) is 7.60 Å². The number of alkyl halides is 2. The third kappa shape index (κ3) is 6.52. The van der Waals surface area contributed by atoms with E-state index in [9.17, 15) is 23.0 Å². The first kappa shape index (κ1) is 16.5. The van der Waals surface area contributed by atoms with Gasteiger partial charge in [-0.25, -0.2) is 13.6 Å². The Balaban J connectivity index is 0. The van der Waals surface area contributed by atoms with Crippen molar-refractivity contribution in [2.75, 3.05) is 13.2 Å². The van der Waals surface area contributed by atoms with Gasteiger partial charge in [-0.05, 0) is 6.92 Å². The Morgan fingerprint density at radius 1 is 1.57 bits per heavy atom. The average molecular weight is 224 g/mol. The monoisotopic (exact) mass is 224 g/mol. The van der Waals surface area contributed by atoms with E-state index >= 15 is 0 Å². The van der Waals surface area contributed by atoms with Gasteiger partial charge in [0.05, 0.1) is 6.61 Å². The van der Waals surface area contributed by atoms with Crippen LogP contribution in [0.25, 0.3) is 0 Å². The Labute approximate surface area is 91.5 Å². The third-order valence-corrected chi connectivity index (χ3v) is 2.03. The van der Waals surface area contributed by atoms with Gasteiger partial charge in [0.1, 0.15) is 0 Å². The minimum atomic E-state index is -4.78. The molecule has 78 valence electrons. The van der Waals surface area contributed by atoms with Crippen LogP contribution in [0.2, 0.25) is 0 Å². The summed E-state index contributed by atoms with van der Waals surface area (Å²) in [5, 5.41) is 0. The minimum Gasteiger partial charge on any atom is -0.770 e. The van der Waals surface area contributed by atoms with Crippen LogP contribution in [0, 0.1) is 0 Å². The van der Waals surface area contributed by atoms with Crippen LogP contribution in [-0.2, 0) is 13.8 Å². The molecule has 1 atom stereocenters. The third-order valence-electron chi connectivity index (χ3n) is 0.855. The Morgan fingerprint density at radius 2 is 2.07 bits per heavy atom. The summed E-state index contributed by atoms with van der Waals surface area (Å²) in [7, 11) is -4.78. The second kappa shape index (κ2) is 7.38. The summed E-state index contributed by atoms with van der Waals surface area (Å²) in [6.45, 7) is -0.159. The van der Waals surface area contributed by atoms with Crippen molar-refractivity contribution in [3.05, 3.63) is 0 Å². The molecule has 0 aromatic carbocycles. The van der Waals surface area contributed by atoms with Crippen LogP contribution in [0.4, 0.5) is 13.6 Å². The van der Waals surface area contributed by atoms with Crippen molar-refractivity contribution < 1.29 is 51.2 Å². The van der Waals surface area contributed by atoms with E-state index in [2.05, 4.69) is 9.26 Å². The summed E-state index contributed by atoms with van der Waals surface area (Å²) in [4.78, 5) is 21.1. The van der Waals surface area contributed by atoms with Crippen molar-refractivity contribution >= 4 is 13.3 Å². The first-order chi connectivity index (χ1) is 5.90. The molecule has 0 bridgehead atoms. The zero-order chi connectivity index (χ0) is 10.5. The molecule has 9 heteroatoms. The van der Waals surface area contributed by atoms with E-state index in [0.29, 0.717) is 0 Å². The molecule has 0 amide bonds. The molecular weight excluding hydrogens is 216 g/mol. The molecule has 0 heterocycles. The van der Waals surface area contributed by atoms with Crippen LogP contribution in [0.5, 0.6) is 0 Å². The van der Waals surface area contributed by atoms with Gasteiger partial charge in [0.15, 0.2) is 6.61 Å². The number of halogens is 2. The van der Waals surface area contributed by atoms with Crippen molar-refractivity contribution in [2.24, 2.45) is 0 Å². The fraction of sp³-hybridized carbons (Fsp3) is 0.800. The summed E-state index contributed by atoms with van der Waals surface area (Å²) >= 11 is 0. The summed E-state index contributed by atoms with van der Waals surface area (Å²) in [6, 6.07) is 0. The average Bonchev–Trinajstić information content (AvgIpc) is 1.99. The maximum atomic E-state index is 11.5. The van der Waals surface area contributed by atoms with E-state index in [-0.39, 0.29) is 25.5 Å². The van der Waals surface area contributed by atoms with Gasteiger partial charge in [-0.1, -0.05) is 0 Å². The molecule has 0 aromatic rings. The number of carbonyl (C=O) groups is 1. The Bertz CT molecular complexity index is 224. The zero-order valence-electron chi connectivity index (χ0n) is 7.74. The molecule has 0 aliphatic carbocycles. The molecule has 0 saturated heterocycles. The van der Waals surface area contributed by atoms with Crippen LogP contribution in [0.1, 0.15) is 6.92 Å². The van der Waals surface area contributed by atoms with E-state index in [4.69, 9.17) is 0 Å². The Morgan fingerprint density at radius 3 is 2.43 bits per heavy atom. The largest absolute Gasteiger partial charge is 1.00 e. The predicted octanol–water partition coefficient (Wildman–Crippen LogP) is -2.02.